The van der Waals surface area contributed by atoms with Gasteiger partial charge in [-0.25, -0.2) is 9.37 Å². The second-order valence-electron chi connectivity index (χ2n) is 5.87. The fourth-order valence-corrected chi connectivity index (χ4v) is 2.37. The van der Waals surface area contributed by atoms with Crippen LogP contribution in [0, 0.1) is 5.82 Å². The molecule has 0 aliphatic rings. The second-order valence-corrected chi connectivity index (χ2v) is 5.87. The molecule has 0 saturated carbocycles. The van der Waals surface area contributed by atoms with Crippen molar-refractivity contribution in [2.24, 2.45) is 10.7 Å². The van der Waals surface area contributed by atoms with Gasteiger partial charge in [0.1, 0.15) is 17.8 Å². The summed E-state index contributed by atoms with van der Waals surface area (Å²) in [6.07, 6.45) is -2.81. The van der Waals surface area contributed by atoms with Gasteiger partial charge in [0, 0.05) is 24.2 Å². The lowest BCUT2D eigenvalue weighted by atomic mass is 10.2. The molecule has 3 N–H and O–H groups in total. The molecule has 0 bridgehead atoms. The van der Waals surface area contributed by atoms with Gasteiger partial charge >= 0.3 is 6.36 Å². The minimum Gasteiger partial charge on any atom is -0.444 e. The van der Waals surface area contributed by atoms with Crippen molar-refractivity contribution in [3.05, 3.63) is 66.3 Å². The zero-order valence-electron chi connectivity index (χ0n) is 15.3. The van der Waals surface area contributed by atoms with Gasteiger partial charge in [0.15, 0.2) is 5.96 Å². The molecule has 30 heavy (non-hydrogen) atoms. The first-order chi connectivity index (χ1) is 13.8. The van der Waals surface area contributed by atoms with E-state index in [1.54, 1.807) is 12.1 Å². The molecule has 6 nitrogen and oxygen atoms in total. The first kappa shape index (κ1) is 23.4. The highest BCUT2D eigenvalue weighted by atomic mass is 127. The number of nitrogens with one attached hydrogen (secondary N) is 1. The second kappa shape index (κ2) is 10.3. The van der Waals surface area contributed by atoms with Crippen molar-refractivity contribution in [1.82, 2.24) is 4.98 Å². The van der Waals surface area contributed by atoms with Gasteiger partial charge in [-0.1, -0.05) is 0 Å². The molecular weight excluding hydrogens is 519 g/mol. The van der Waals surface area contributed by atoms with Gasteiger partial charge in [-0.3, -0.25) is 4.99 Å². The molecule has 11 heteroatoms. The summed E-state index contributed by atoms with van der Waals surface area (Å²) in [5, 5.41) is 2.77. The van der Waals surface area contributed by atoms with E-state index in [9.17, 15) is 17.6 Å². The minimum atomic E-state index is -4.74. The molecule has 3 rings (SSSR count). The van der Waals surface area contributed by atoms with E-state index < -0.39 is 6.36 Å². The molecule has 1 heterocycles. The van der Waals surface area contributed by atoms with Crippen molar-refractivity contribution < 1.29 is 26.7 Å². The predicted molar refractivity (Wildman–Crippen MR) is 114 cm³/mol. The summed E-state index contributed by atoms with van der Waals surface area (Å²) in [6, 6.07) is 10.9. The van der Waals surface area contributed by atoms with E-state index in [4.69, 9.17) is 10.2 Å². The zero-order valence-corrected chi connectivity index (χ0v) is 17.6. The Labute approximate surface area is 186 Å². The summed E-state index contributed by atoms with van der Waals surface area (Å²) in [7, 11) is 0. The van der Waals surface area contributed by atoms with E-state index in [-0.39, 0.29) is 41.5 Å². The maximum Gasteiger partial charge on any atom is 0.573 e. The van der Waals surface area contributed by atoms with Crippen LogP contribution in [0.25, 0.3) is 11.5 Å². The van der Waals surface area contributed by atoms with Gasteiger partial charge in [0.2, 0.25) is 5.89 Å². The number of aliphatic imine (C=N–C) groups is 1. The molecule has 0 radical (unpaired) electrons. The Bertz CT molecular complexity index is 973. The van der Waals surface area contributed by atoms with Crippen LogP contribution in [0.5, 0.6) is 5.75 Å². The van der Waals surface area contributed by atoms with Crippen molar-refractivity contribution in [1.29, 1.82) is 0 Å². The summed E-state index contributed by atoms with van der Waals surface area (Å²) in [6.45, 7) is 0.309. The number of halogens is 5. The summed E-state index contributed by atoms with van der Waals surface area (Å²) in [5.41, 5.74) is 7.53. The van der Waals surface area contributed by atoms with E-state index in [1.165, 1.54) is 30.5 Å². The predicted octanol–water partition coefficient (Wildman–Crippen LogP) is 4.97. The highest BCUT2D eigenvalue weighted by Gasteiger charge is 2.30. The van der Waals surface area contributed by atoms with E-state index >= 15 is 0 Å². The Kier molecular flexibility index (Phi) is 8.03. The van der Waals surface area contributed by atoms with Crippen LogP contribution >= 0.6 is 24.0 Å². The molecule has 2 aromatic carbocycles. The number of guanidine groups is 1. The number of hydrogen-bond acceptors (Lipinski definition) is 4. The summed E-state index contributed by atoms with van der Waals surface area (Å²) >= 11 is 0. The Morgan fingerprint density at radius 2 is 1.77 bits per heavy atom. The zero-order chi connectivity index (χ0) is 20.9. The van der Waals surface area contributed by atoms with Crippen molar-refractivity contribution >= 4 is 35.6 Å². The molecule has 0 unspecified atom stereocenters. The normalized spacial score (nSPS) is 11.7. The number of aromatic nitrogens is 1. The molecule has 0 spiro atoms. The lowest BCUT2D eigenvalue weighted by molar-refractivity contribution is -0.274. The fraction of sp³-hybridized carbons (Fsp3) is 0.158. The smallest absolute Gasteiger partial charge is 0.444 e. The van der Waals surface area contributed by atoms with Crippen molar-refractivity contribution in [2.45, 2.75) is 12.8 Å². The first-order valence-electron chi connectivity index (χ1n) is 8.41. The molecule has 0 aliphatic heterocycles. The number of ether oxygens (including phenoxy) is 1. The van der Waals surface area contributed by atoms with Crippen LogP contribution < -0.4 is 15.8 Å². The molecule has 160 valence electrons. The number of nitrogens with zero attached hydrogens (tertiary/aromatic N) is 2. The minimum absolute atomic E-state index is 0. The van der Waals surface area contributed by atoms with Gasteiger partial charge in [-0.2, -0.15) is 0 Å². The Morgan fingerprint density at radius 3 is 2.40 bits per heavy atom. The van der Waals surface area contributed by atoms with Crippen molar-refractivity contribution in [3.63, 3.8) is 0 Å². The molecule has 0 fully saturated rings. The van der Waals surface area contributed by atoms with Crippen molar-refractivity contribution in [2.75, 3.05) is 11.9 Å². The van der Waals surface area contributed by atoms with Gasteiger partial charge in [0.25, 0.3) is 0 Å². The van der Waals surface area contributed by atoms with Crippen LogP contribution in [0.4, 0.5) is 23.2 Å². The van der Waals surface area contributed by atoms with Crippen molar-refractivity contribution in [3.8, 4) is 17.2 Å². The number of alkyl halides is 3. The van der Waals surface area contributed by atoms with Crippen LogP contribution in [-0.2, 0) is 6.42 Å². The Morgan fingerprint density at radius 1 is 1.10 bits per heavy atom. The standard InChI is InChI=1S/C19H16F4N4O2.HI/c20-13-3-1-12(2-4-13)17-26-15(11-28-17)9-10-25-18(24)27-14-5-7-16(8-6-14)29-19(21,22)23;/h1-8,11H,9-10H2,(H3,24,25,27);1H. The van der Waals surface area contributed by atoms with Crippen LogP contribution in [0.1, 0.15) is 5.69 Å². The number of hydrogen-bond donors (Lipinski definition) is 2. The third-order valence-corrected chi connectivity index (χ3v) is 3.65. The maximum absolute atomic E-state index is 13.0. The highest BCUT2D eigenvalue weighted by Crippen LogP contribution is 2.24. The molecular formula is C19H17F4IN4O2. The largest absolute Gasteiger partial charge is 0.573 e. The molecule has 0 amide bonds. The number of rotatable bonds is 6. The molecule has 0 aliphatic carbocycles. The maximum atomic E-state index is 13.0. The number of nitrogens with two attached hydrogens (primary N) is 1. The van der Waals surface area contributed by atoms with E-state index in [2.05, 4.69) is 20.0 Å². The van der Waals surface area contributed by atoms with Gasteiger partial charge in [-0.15, -0.1) is 37.1 Å². The fourth-order valence-electron chi connectivity index (χ4n) is 2.37. The van der Waals surface area contributed by atoms with Crippen LogP contribution in [-0.4, -0.2) is 23.9 Å². The molecule has 0 atom stereocenters. The average molecular weight is 536 g/mol. The Hall–Kier alpha value is -2.83. The van der Waals surface area contributed by atoms with Gasteiger partial charge in [0.05, 0.1) is 5.69 Å². The van der Waals surface area contributed by atoms with Gasteiger partial charge in [-0.05, 0) is 48.5 Å². The van der Waals surface area contributed by atoms with Crippen LogP contribution in [0.15, 0.2) is 64.2 Å². The average Bonchev–Trinajstić information content (AvgIpc) is 3.12. The monoisotopic (exact) mass is 536 g/mol. The molecule has 1 aromatic heterocycles. The van der Waals surface area contributed by atoms with E-state index in [0.29, 0.717) is 35.8 Å². The molecule has 0 saturated heterocycles. The number of anilines is 1. The lowest BCUT2D eigenvalue weighted by Crippen LogP contribution is -2.23. The van der Waals surface area contributed by atoms with Gasteiger partial charge < -0.3 is 20.2 Å². The summed E-state index contributed by atoms with van der Waals surface area (Å²) in [4.78, 5) is 8.44. The topological polar surface area (TPSA) is 85.7 Å². The summed E-state index contributed by atoms with van der Waals surface area (Å²) in [5.74, 6) is -0.213. The number of benzene rings is 2. The Balaban J connectivity index is 0.00000320. The van der Waals surface area contributed by atoms with Crippen LogP contribution in [0.3, 0.4) is 0 Å². The van der Waals surface area contributed by atoms with E-state index in [0.717, 1.165) is 12.1 Å². The first-order valence-corrected chi connectivity index (χ1v) is 8.41. The quantitative estimate of drug-likeness (QED) is 0.201. The summed E-state index contributed by atoms with van der Waals surface area (Å²) < 4.78 is 58.5. The highest BCUT2D eigenvalue weighted by molar-refractivity contribution is 14.0. The van der Waals surface area contributed by atoms with E-state index in [1.807, 2.05) is 0 Å². The third kappa shape index (κ3) is 7.21. The SMILES string of the molecule is I.NC(=NCCc1coc(-c2ccc(F)cc2)n1)Nc1ccc(OC(F)(F)F)cc1. The lowest BCUT2D eigenvalue weighted by Gasteiger charge is -2.10. The van der Waals surface area contributed by atoms with Crippen LogP contribution in [0.2, 0.25) is 0 Å². The third-order valence-electron chi connectivity index (χ3n) is 3.65. The molecule has 3 aromatic rings. The number of oxazole rings is 1.